The molecule has 0 unspecified atom stereocenters. The Bertz CT molecular complexity index is 526. The van der Waals surface area contributed by atoms with Crippen LogP contribution in [0.25, 0.3) is 0 Å². The topological polar surface area (TPSA) is 57.6 Å². The van der Waals surface area contributed by atoms with Gasteiger partial charge in [0, 0.05) is 12.1 Å². The molecule has 0 bridgehead atoms. The Morgan fingerprint density at radius 1 is 1.35 bits per heavy atom. The number of hydrogen-bond acceptors (Lipinski definition) is 2. The van der Waals surface area contributed by atoms with Crippen LogP contribution in [0.2, 0.25) is 5.02 Å². The van der Waals surface area contributed by atoms with E-state index in [2.05, 4.69) is 0 Å². The van der Waals surface area contributed by atoms with Crippen molar-refractivity contribution in [3.05, 3.63) is 34.6 Å². The van der Waals surface area contributed by atoms with Crippen molar-refractivity contribution in [1.29, 1.82) is 0 Å². The molecule has 1 amide bonds. The van der Waals surface area contributed by atoms with E-state index in [1.807, 2.05) is 0 Å². The normalized spacial score (nSPS) is 11.2. The maximum atomic E-state index is 13.0. The molecule has 0 aliphatic heterocycles. The van der Waals surface area contributed by atoms with Crippen LogP contribution in [0.3, 0.4) is 0 Å². The minimum atomic E-state index is -0.989. The average Bonchev–Trinajstić information content (AvgIpc) is 2.26. The SMILES string of the molecule is CC(C)(C)N(CCC(=O)O)C(=O)c1ccc(F)cc1Cl. The number of halogens is 2. The van der Waals surface area contributed by atoms with Gasteiger partial charge in [0.05, 0.1) is 17.0 Å². The van der Waals surface area contributed by atoms with Gasteiger partial charge in [0.1, 0.15) is 5.82 Å². The van der Waals surface area contributed by atoms with E-state index in [0.717, 1.165) is 12.1 Å². The van der Waals surface area contributed by atoms with E-state index in [4.69, 9.17) is 16.7 Å². The van der Waals surface area contributed by atoms with Gasteiger partial charge >= 0.3 is 5.97 Å². The lowest BCUT2D eigenvalue weighted by Gasteiger charge is -2.35. The third kappa shape index (κ3) is 4.20. The number of aliphatic carboxylic acids is 1. The van der Waals surface area contributed by atoms with Crippen LogP contribution in [-0.2, 0) is 4.79 Å². The lowest BCUT2D eigenvalue weighted by atomic mass is 10.0. The van der Waals surface area contributed by atoms with Crippen LogP contribution < -0.4 is 0 Å². The van der Waals surface area contributed by atoms with Gasteiger partial charge in [-0.05, 0) is 39.0 Å². The molecule has 0 spiro atoms. The first kappa shape index (κ1) is 16.4. The second-order valence-corrected chi connectivity index (χ2v) is 5.80. The molecule has 1 N–H and O–H groups in total. The van der Waals surface area contributed by atoms with Gasteiger partial charge in [-0.25, -0.2) is 4.39 Å². The molecule has 1 rings (SSSR count). The van der Waals surface area contributed by atoms with Crippen molar-refractivity contribution in [3.63, 3.8) is 0 Å². The Hall–Kier alpha value is -1.62. The van der Waals surface area contributed by atoms with Crippen molar-refractivity contribution in [2.45, 2.75) is 32.7 Å². The molecule has 1 aromatic carbocycles. The predicted molar refractivity (Wildman–Crippen MR) is 74.5 cm³/mol. The maximum absolute atomic E-state index is 13.0. The highest BCUT2D eigenvalue weighted by Gasteiger charge is 2.28. The first-order valence-corrected chi connectivity index (χ1v) is 6.49. The van der Waals surface area contributed by atoms with E-state index in [1.165, 1.54) is 11.0 Å². The Morgan fingerprint density at radius 2 is 1.95 bits per heavy atom. The van der Waals surface area contributed by atoms with Crippen molar-refractivity contribution >= 4 is 23.5 Å². The zero-order valence-corrected chi connectivity index (χ0v) is 12.4. The van der Waals surface area contributed by atoms with Crippen molar-refractivity contribution in [2.24, 2.45) is 0 Å². The van der Waals surface area contributed by atoms with E-state index in [-0.39, 0.29) is 23.6 Å². The zero-order valence-electron chi connectivity index (χ0n) is 11.6. The minimum absolute atomic E-state index is 0.0135. The molecule has 6 heteroatoms. The standard InChI is InChI=1S/C14H17ClFNO3/c1-14(2,3)17(7-6-12(18)19)13(20)10-5-4-9(16)8-11(10)15/h4-5,8H,6-7H2,1-3H3,(H,18,19). The van der Waals surface area contributed by atoms with Crippen LogP contribution in [0.5, 0.6) is 0 Å². The van der Waals surface area contributed by atoms with E-state index < -0.39 is 23.2 Å². The summed E-state index contributed by atoms with van der Waals surface area (Å²) in [5.74, 6) is -1.93. The fourth-order valence-corrected chi connectivity index (χ4v) is 2.01. The third-order valence-electron chi connectivity index (χ3n) is 2.77. The molecule has 0 saturated carbocycles. The number of benzene rings is 1. The highest BCUT2D eigenvalue weighted by Crippen LogP contribution is 2.23. The molecular weight excluding hydrogens is 285 g/mol. The van der Waals surface area contributed by atoms with Crippen LogP contribution in [0, 0.1) is 5.82 Å². The molecule has 0 fully saturated rings. The molecule has 0 atom stereocenters. The molecule has 4 nitrogen and oxygen atoms in total. The van der Waals surface area contributed by atoms with Gasteiger partial charge in [0.25, 0.3) is 5.91 Å². The summed E-state index contributed by atoms with van der Waals surface area (Å²) in [4.78, 5) is 24.6. The number of carbonyl (C=O) groups excluding carboxylic acids is 1. The zero-order chi connectivity index (χ0) is 15.5. The molecule has 0 aliphatic carbocycles. The van der Waals surface area contributed by atoms with Crippen molar-refractivity contribution in [1.82, 2.24) is 4.90 Å². The van der Waals surface area contributed by atoms with Gasteiger partial charge in [-0.3, -0.25) is 9.59 Å². The predicted octanol–water partition coefficient (Wildman–Crippen LogP) is 3.19. The summed E-state index contributed by atoms with van der Waals surface area (Å²) in [7, 11) is 0. The monoisotopic (exact) mass is 301 g/mol. The molecule has 1 aromatic rings. The lowest BCUT2D eigenvalue weighted by Crippen LogP contribution is -2.46. The average molecular weight is 302 g/mol. The number of carbonyl (C=O) groups is 2. The number of rotatable bonds is 4. The molecular formula is C14H17ClFNO3. The van der Waals surface area contributed by atoms with Gasteiger partial charge in [-0.2, -0.15) is 0 Å². The van der Waals surface area contributed by atoms with E-state index >= 15 is 0 Å². The summed E-state index contributed by atoms with van der Waals surface area (Å²) in [6, 6.07) is 3.52. The molecule has 0 aliphatic rings. The second kappa shape index (κ2) is 6.22. The van der Waals surface area contributed by atoms with Crippen LogP contribution in [0.4, 0.5) is 4.39 Å². The quantitative estimate of drug-likeness (QED) is 0.929. The van der Waals surface area contributed by atoms with Gasteiger partial charge < -0.3 is 10.0 Å². The Kier molecular flexibility index (Phi) is 5.11. The Labute approximate surface area is 122 Å². The highest BCUT2D eigenvalue weighted by atomic mass is 35.5. The fraction of sp³-hybridized carbons (Fsp3) is 0.429. The molecule has 0 heterocycles. The smallest absolute Gasteiger partial charge is 0.305 e. The van der Waals surface area contributed by atoms with Crippen LogP contribution in [0.15, 0.2) is 18.2 Å². The van der Waals surface area contributed by atoms with Crippen molar-refractivity contribution < 1.29 is 19.1 Å². The number of amides is 1. The van der Waals surface area contributed by atoms with E-state index in [9.17, 15) is 14.0 Å². The third-order valence-corrected chi connectivity index (χ3v) is 3.08. The molecule has 0 saturated heterocycles. The van der Waals surface area contributed by atoms with Gasteiger partial charge in [-0.1, -0.05) is 11.6 Å². The van der Waals surface area contributed by atoms with E-state index in [0.29, 0.717) is 0 Å². The molecule has 110 valence electrons. The summed E-state index contributed by atoms with van der Waals surface area (Å²) >= 11 is 5.88. The summed E-state index contributed by atoms with van der Waals surface area (Å²) < 4.78 is 13.0. The number of carboxylic acids is 1. The highest BCUT2D eigenvalue weighted by molar-refractivity contribution is 6.33. The van der Waals surface area contributed by atoms with Gasteiger partial charge in [-0.15, -0.1) is 0 Å². The Balaban J connectivity index is 3.07. The summed E-state index contributed by atoms with van der Waals surface area (Å²) in [6.45, 7) is 5.45. The van der Waals surface area contributed by atoms with Crippen molar-refractivity contribution in [3.8, 4) is 0 Å². The largest absolute Gasteiger partial charge is 0.481 e. The first-order chi connectivity index (χ1) is 9.12. The second-order valence-electron chi connectivity index (χ2n) is 5.40. The van der Waals surface area contributed by atoms with E-state index in [1.54, 1.807) is 20.8 Å². The van der Waals surface area contributed by atoms with Gasteiger partial charge in [0.2, 0.25) is 0 Å². The van der Waals surface area contributed by atoms with Crippen molar-refractivity contribution in [2.75, 3.05) is 6.54 Å². The van der Waals surface area contributed by atoms with Gasteiger partial charge in [0.15, 0.2) is 0 Å². The fourth-order valence-electron chi connectivity index (χ4n) is 1.76. The molecule has 0 radical (unpaired) electrons. The van der Waals surface area contributed by atoms with Crippen LogP contribution in [0.1, 0.15) is 37.6 Å². The minimum Gasteiger partial charge on any atom is -0.481 e. The summed E-state index contributed by atoms with van der Waals surface area (Å²) in [6.07, 6.45) is -0.165. The number of hydrogen-bond donors (Lipinski definition) is 1. The Morgan fingerprint density at radius 3 is 2.40 bits per heavy atom. The molecule has 20 heavy (non-hydrogen) atoms. The van der Waals surface area contributed by atoms with Crippen LogP contribution >= 0.6 is 11.6 Å². The first-order valence-electron chi connectivity index (χ1n) is 6.11. The maximum Gasteiger partial charge on any atom is 0.305 e. The van der Waals surface area contributed by atoms with Crippen LogP contribution in [-0.4, -0.2) is 34.0 Å². The summed E-state index contributed by atoms with van der Waals surface area (Å²) in [5.41, 5.74) is -0.405. The number of nitrogens with zero attached hydrogens (tertiary/aromatic N) is 1. The summed E-state index contributed by atoms with van der Waals surface area (Å²) in [5, 5.41) is 8.77. The number of carboxylic acid groups (broad SMARTS) is 1. The molecule has 0 aromatic heterocycles. The lowest BCUT2D eigenvalue weighted by molar-refractivity contribution is -0.137.